The Morgan fingerprint density at radius 1 is 1.00 bits per heavy atom. The lowest BCUT2D eigenvalue weighted by atomic mass is 10.0. The van der Waals surface area contributed by atoms with Crippen molar-refractivity contribution in [2.24, 2.45) is 0 Å². The van der Waals surface area contributed by atoms with E-state index in [1.165, 1.54) is 24.8 Å². The summed E-state index contributed by atoms with van der Waals surface area (Å²) in [5, 5.41) is 3.13. The van der Waals surface area contributed by atoms with Crippen LogP contribution in [0, 0.1) is 0 Å². The molecule has 0 aliphatic carbocycles. The molecule has 1 aliphatic rings. The molecule has 5 heteroatoms. The van der Waals surface area contributed by atoms with Gasteiger partial charge in [0.05, 0.1) is 19.8 Å². The predicted molar refractivity (Wildman–Crippen MR) is 111 cm³/mol. The molecule has 1 heterocycles. The quantitative estimate of drug-likeness (QED) is 0.755. The lowest BCUT2D eigenvalue weighted by Gasteiger charge is -2.35. The maximum absolute atomic E-state index is 12.7. The van der Waals surface area contributed by atoms with Crippen molar-refractivity contribution >= 4 is 5.91 Å². The Labute approximate surface area is 167 Å². The summed E-state index contributed by atoms with van der Waals surface area (Å²) in [6.45, 7) is 3.28. The second-order valence-electron chi connectivity index (χ2n) is 7.23. The predicted octanol–water partition coefficient (Wildman–Crippen LogP) is 3.80. The molecule has 150 valence electrons. The molecule has 1 N–H and O–H groups in total. The third-order valence-corrected chi connectivity index (χ3v) is 5.32. The van der Waals surface area contributed by atoms with Crippen LogP contribution in [-0.2, 0) is 11.3 Å². The molecule has 1 unspecified atom stereocenters. The number of ether oxygens (including phenoxy) is 2. The van der Waals surface area contributed by atoms with Gasteiger partial charge in [0.15, 0.2) is 0 Å². The molecule has 28 heavy (non-hydrogen) atoms. The van der Waals surface area contributed by atoms with Gasteiger partial charge in [-0.15, -0.1) is 0 Å². The average molecular weight is 383 g/mol. The Bertz CT molecular complexity index is 737. The van der Waals surface area contributed by atoms with Crippen molar-refractivity contribution in [2.75, 3.05) is 33.9 Å². The van der Waals surface area contributed by atoms with E-state index < -0.39 is 0 Å². The van der Waals surface area contributed by atoms with Crippen molar-refractivity contribution in [1.82, 2.24) is 10.2 Å². The van der Waals surface area contributed by atoms with Crippen molar-refractivity contribution in [3.8, 4) is 5.75 Å². The first kappa shape index (κ1) is 20.4. The number of amides is 1. The van der Waals surface area contributed by atoms with E-state index in [4.69, 9.17) is 9.47 Å². The molecule has 0 bridgehead atoms. The van der Waals surface area contributed by atoms with E-state index in [1.807, 2.05) is 36.4 Å². The van der Waals surface area contributed by atoms with E-state index >= 15 is 0 Å². The Morgan fingerprint density at radius 3 is 2.29 bits per heavy atom. The lowest BCUT2D eigenvalue weighted by molar-refractivity contribution is 0.0924. The second-order valence-corrected chi connectivity index (χ2v) is 7.23. The van der Waals surface area contributed by atoms with Crippen LogP contribution < -0.4 is 10.1 Å². The molecule has 0 spiro atoms. The molecular weight excluding hydrogens is 352 g/mol. The third kappa shape index (κ3) is 5.33. The van der Waals surface area contributed by atoms with E-state index in [-0.39, 0.29) is 11.9 Å². The van der Waals surface area contributed by atoms with Crippen molar-refractivity contribution in [3.05, 3.63) is 65.2 Å². The summed E-state index contributed by atoms with van der Waals surface area (Å²) in [7, 11) is 3.34. The van der Waals surface area contributed by atoms with Crippen LogP contribution >= 0.6 is 0 Å². The summed E-state index contributed by atoms with van der Waals surface area (Å²) in [5.41, 5.74) is 2.94. The fourth-order valence-electron chi connectivity index (χ4n) is 3.72. The van der Waals surface area contributed by atoms with E-state index in [9.17, 15) is 4.79 Å². The fraction of sp³-hybridized carbons (Fsp3) is 0.435. The molecule has 2 aromatic carbocycles. The Balaban J connectivity index is 1.68. The van der Waals surface area contributed by atoms with Gasteiger partial charge in [0.2, 0.25) is 0 Å². The maximum atomic E-state index is 12.7. The molecule has 1 aliphatic heterocycles. The minimum Gasteiger partial charge on any atom is -0.497 e. The fourth-order valence-corrected chi connectivity index (χ4v) is 3.72. The number of benzene rings is 2. The smallest absolute Gasteiger partial charge is 0.251 e. The molecule has 1 fully saturated rings. The van der Waals surface area contributed by atoms with Gasteiger partial charge in [0.1, 0.15) is 5.75 Å². The SMILES string of the molecule is COCc1ccc(C(=O)NCC(c2ccc(OC)cc2)N2CCCCC2)cc1. The number of rotatable bonds is 8. The summed E-state index contributed by atoms with van der Waals surface area (Å²) in [6.07, 6.45) is 3.70. The standard InChI is InChI=1S/C23H30N2O3/c1-27-17-18-6-8-20(9-7-18)23(26)24-16-22(25-14-4-3-5-15-25)19-10-12-21(28-2)13-11-19/h6-13,22H,3-5,14-17H2,1-2H3,(H,24,26). The van der Waals surface area contributed by atoms with Gasteiger partial charge in [-0.25, -0.2) is 0 Å². The van der Waals surface area contributed by atoms with Crippen molar-refractivity contribution in [3.63, 3.8) is 0 Å². The largest absolute Gasteiger partial charge is 0.497 e. The van der Waals surface area contributed by atoms with Gasteiger partial charge >= 0.3 is 0 Å². The molecule has 1 amide bonds. The Kier molecular flexibility index (Phi) is 7.46. The summed E-state index contributed by atoms with van der Waals surface area (Å²) in [4.78, 5) is 15.1. The van der Waals surface area contributed by atoms with Crippen LogP contribution in [0.4, 0.5) is 0 Å². The first-order valence-electron chi connectivity index (χ1n) is 9.95. The van der Waals surface area contributed by atoms with Gasteiger partial charge in [-0.2, -0.15) is 0 Å². The number of hydrogen-bond acceptors (Lipinski definition) is 4. The van der Waals surface area contributed by atoms with Crippen LogP contribution in [0.3, 0.4) is 0 Å². The van der Waals surface area contributed by atoms with Crippen LogP contribution in [0.1, 0.15) is 46.8 Å². The van der Waals surface area contributed by atoms with Crippen LogP contribution in [0.2, 0.25) is 0 Å². The van der Waals surface area contributed by atoms with Gasteiger partial charge in [-0.1, -0.05) is 30.7 Å². The molecular formula is C23H30N2O3. The van der Waals surface area contributed by atoms with Crippen LogP contribution in [0.15, 0.2) is 48.5 Å². The van der Waals surface area contributed by atoms with Crippen LogP contribution in [0.5, 0.6) is 5.75 Å². The zero-order valence-electron chi connectivity index (χ0n) is 16.8. The number of likely N-dealkylation sites (tertiary alicyclic amines) is 1. The number of nitrogens with zero attached hydrogens (tertiary/aromatic N) is 1. The number of carbonyl (C=O) groups excluding carboxylic acids is 1. The highest BCUT2D eigenvalue weighted by Gasteiger charge is 2.23. The normalized spacial score (nSPS) is 15.8. The molecule has 2 aromatic rings. The third-order valence-electron chi connectivity index (χ3n) is 5.32. The van der Waals surface area contributed by atoms with Gasteiger partial charge in [-0.3, -0.25) is 9.69 Å². The zero-order valence-corrected chi connectivity index (χ0v) is 16.8. The first-order chi connectivity index (χ1) is 13.7. The van der Waals surface area contributed by atoms with Gasteiger partial charge in [0, 0.05) is 19.2 Å². The minimum atomic E-state index is -0.0421. The summed E-state index contributed by atoms with van der Waals surface area (Å²) < 4.78 is 10.4. The Hall–Kier alpha value is -2.37. The van der Waals surface area contributed by atoms with Crippen molar-refractivity contribution in [2.45, 2.75) is 31.9 Å². The van der Waals surface area contributed by atoms with E-state index in [0.717, 1.165) is 24.4 Å². The maximum Gasteiger partial charge on any atom is 0.251 e. The van der Waals surface area contributed by atoms with E-state index in [0.29, 0.717) is 18.7 Å². The number of carbonyl (C=O) groups is 1. The second kappa shape index (κ2) is 10.2. The van der Waals surface area contributed by atoms with Crippen molar-refractivity contribution in [1.29, 1.82) is 0 Å². The summed E-state index contributed by atoms with van der Waals surface area (Å²) in [6, 6.07) is 15.9. The highest BCUT2D eigenvalue weighted by atomic mass is 16.5. The molecule has 0 aromatic heterocycles. The van der Waals surface area contributed by atoms with Gasteiger partial charge in [-0.05, 0) is 61.3 Å². The molecule has 5 nitrogen and oxygen atoms in total. The highest BCUT2D eigenvalue weighted by Crippen LogP contribution is 2.26. The Morgan fingerprint density at radius 2 is 1.68 bits per heavy atom. The van der Waals surface area contributed by atoms with Crippen molar-refractivity contribution < 1.29 is 14.3 Å². The lowest BCUT2D eigenvalue weighted by Crippen LogP contribution is -2.40. The topological polar surface area (TPSA) is 50.8 Å². The summed E-state index contributed by atoms with van der Waals surface area (Å²) >= 11 is 0. The van der Waals surface area contributed by atoms with Crippen LogP contribution in [-0.4, -0.2) is 44.7 Å². The van der Waals surface area contributed by atoms with Gasteiger partial charge < -0.3 is 14.8 Å². The number of methoxy groups -OCH3 is 2. The van der Waals surface area contributed by atoms with Crippen LogP contribution in [0.25, 0.3) is 0 Å². The number of nitrogens with one attached hydrogen (secondary N) is 1. The highest BCUT2D eigenvalue weighted by molar-refractivity contribution is 5.94. The monoisotopic (exact) mass is 382 g/mol. The molecule has 0 radical (unpaired) electrons. The number of hydrogen-bond donors (Lipinski definition) is 1. The zero-order chi connectivity index (χ0) is 19.8. The molecule has 0 saturated carbocycles. The van der Waals surface area contributed by atoms with E-state index in [2.05, 4.69) is 22.3 Å². The molecule has 3 rings (SSSR count). The number of piperidine rings is 1. The minimum absolute atomic E-state index is 0.0421. The average Bonchev–Trinajstić information content (AvgIpc) is 2.76. The molecule has 1 atom stereocenters. The molecule has 1 saturated heterocycles. The van der Waals surface area contributed by atoms with Gasteiger partial charge in [0.25, 0.3) is 5.91 Å². The van der Waals surface area contributed by atoms with E-state index in [1.54, 1.807) is 14.2 Å². The summed E-state index contributed by atoms with van der Waals surface area (Å²) in [5.74, 6) is 0.806. The first-order valence-corrected chi connectivity index (χ1v) is 9.95.